The van der Waals surface area contributed by atoms with Crippen LogP contribution in [-0.4, -0.2) is 47.0 Å². The number of carbonyl (C=O) groups excluding carboxylic acids is 3. The molecule has 2 atom stereocenters. The van der Waals surface area contributed by atoms with E-state index in [4.69, 9.17) is 5.21 Å². The molecule has 0 saturated carbocycles. The van der Waals surface area contributed by atoms with Crippen LogP contribution in [0.2, 0.25) is 0 Å². The molecule has 7 heteroatoms. The van der Waals surface area contributed by atoms with E-state index < -0.39 is 17.9 Å². The molecule has 1 fully saturated rings. The van der Waals surface area contributed by atoms with E-state index in [2.05, 4.69) is 19.2 Å². The highest BCUT2D eigenvalue weighted by atomic mass is 16.5. The molecule has 7 nitrogen and oxygen atoms in total. The molecule has 27 heavy (non-hydrogen) atoms. The predicted octanol–water partition coefficient (Wildman–Crippen LogP) is 2.48. The number of hydrogen-bond acceptors (Lipinski definition) is 4. The monoisotopic (exact) mass is 383 g/mol. The minimum atomic E-state index is -0.589. The number of hydrogen-bond donors (Lipinski definition) is 3. The average Bonchev–Trinajstić information content (AvgIpc) is 2.91. The van der Waals surface area contributed by atoms with Gasteiger partial charge in [0.05, 0.1) is 0 Å². The van der Waals surface area contributed by atoms with Gasteiger partial charge in [-0.1, -0.05) is 47.0 Å². The Bertz CT molecular complexity index is 486. The van der Waals surface area contributed by atoms with E-state index in [1.807, 2.05) is 18.7 Å². The van der Waals surface area contributed by atoms with Crippen molar-refractivity contribution in [1.29, 1.82) is 0 Å². The standard InChI is InChI=1S/C20H37N3O4/c1-14(2)9-10-16(13-17(24)22-27)19(25)21-18(15(3)4)20(26)23-11-7-5-6-8-12-23/h14-16,18,27H,5-13H2,1-4H3,(H,21,25)(H,22,24)/t16-,18?/m0/s1. The number of hydroxylamine groups is 1. The molecule has 0 aromatic rings. The fourth-order valence-electron chi connectivity index (χ4n) is 3.40. The second-order valence-corrected chi connectivity index (χ2v) is 8.38. The van der Waals surface area contributed by atoms with Crippen LogP contribution in [0, 0.1) is 17.8 Å². The molecule has 0 bridgehead atoms. The molecule has 0 aromatic heterocycles. The van der Waals surface area contributed by atoms with Crippen LogP contribution in [0.25, 0.3) is 0 Å². The third-order valence-electron chi connectivity index (χ3n) is 5.17. The molecule has 3 N–H and O–H groups in total. The van der Waals surface area contributed by atoms with Crippen molar-refractivity contribution in [2.24, 2.45) is 17.8 Å². The normalized spacial score (nSPS) is 17.4. The highest BCUT2D eigenvalue weighted by Crippen LogP contribution is 2.18. The molecule has 156 valence electrons. The molecule has 0 radical (unpaired) electrons. The van der Waals surface area contributed by atoms with E-state index in [0.717, 1.165) is 45.2 Å². The van der Waals surface area contributed by atoms with Crippen LogP contribution in [0.1, 0.15) is 72.6 Å². The number of likely N-dealkylation sites (tertiary alicyclic amines) is 1. The number of rotatable bonds is 9. The molecule has 1 aliphatic rings. The summed E-state index contributed by atoms with van der Waals surface area (Å²) in [6, 6.07) is -0.589. The van der Waals surface area contributed by atoms with Crippen LogP contribution in [0.15, 0.2) is 0 Å². The first-order valence-electron chi connectivity index (χ1n) is 10.3. The average molecular weight is 384 g/mol. The first-order chi connectivity index (χ1) is 12.8. The smallest absolute Gasteiger partial charge is 0.245 e. The molecular formula is C20H37N3O4. The Kier molecular flexibility index (Phi) is 10.4. The van der Waals surface area contributed by atoms with Gasteiger partial charge in [-0.3, -0.25) is 19.6 Å². The van der Waals surface area contributed by atoms with Gasteiger partial charge in [-0.2, -0.15) is 0 Å². The van der Waals surface area contributed by atoms with Crippen LogP contribution in [0.4, 0.5) is 0 Å². The van der Waals surface area contributed by atoms with E-state index in [0.29, 0.717) is 12.3 Å². The molecular weight excluding hydrogens is 346 g/mol. The molecule has 1 heterocycles. The summed E-state index contributed by atoms with van der Waals surface area (Å²) in [6.45, 7) is 9.43. The molecule has 1 saturated heterocycles. The van der Waals surface area contributed by atoms with Gasteiger partial charge < -0.3 is 10.2 Å². The summed E-state index contributed by atoms with van der Waals surface area (Å²) in [5.74, 6) is -1.11. The Labute approximate surface area is 163 Å². The Morgan fingerprint density at radius 1 is 0.963 bits per heavy atom. The largest absolute Gasteiger partial charge is 0.344 e. The summed E-state index contributed by atoms with van der Waals surface area (Å²) >= 11 is 0. The van der Waals surface area contributed by atoms with Gasteiger partial charge in [-0.15, -0.1) is 0 Å². The third kappa shape index (κ3) is 8.28. The van der Waals surface area contributed by atoms with Crippen molar-refractivity contribution in [3.63, 3.8) is 0 Å². The third-order valence-corrected chi connectivity index (χ3v) is 5.17. The Hall–Kier alpha value is -1.63. The molecule has 1 rings (SSSR count). The molecule has 3 amide bonds. The van der Waals surface area contributed by atoms with Gasteiger partial charge in [0, 0.05) is 25.4 Å². The van der Waals surface area contributed by atoms with Crippen molar-refractivity contribution in [1.82, 2.24) is 15.7 Å². The SMILES string of the molecule is CC(C)CC[C@@H](CC(=O)NO)C(=O)NC(C(=O)N1CCCCCC1)C(C)C. The van der Waals surface area contributed by atoms with Crippen molar-refractivity contribution in [2.75, 3.05) is 13.1 Å². The summed E-state index contributed by atoms with van der Waals surface area (Å²) in [5.41, 5.74) is 1.60. The molecule has 0 spiro atoms. The van der Waals surface area contributed by atoms with Crippen molar-refractivity contribution >= 4 is 17.7 Å². The summed E-state index contributed by atoms with van der Waals surface area (Å²) in [4.78, 5) is 39.3. The Balaban J connectivity index is 2.81. The lowest BCUT2D eigenvalue weighted by Gasteiger charge is -2.30. The lowest BCUT2D eigenvalue weighted by molar-refractivity contribution is -0.140. The van der Waals surface area contributed by atoms with Gasteiger partial charge in [-0.05, 0) is 31.1 Å². The zero-order valence-electron chi connectivity index (χ0n) is 17.3. The second-order valence-electron chi connectivity index (χ2n) is 8.38. The fraction of sp³-hybridized carbons (Fsp3) is 0.850. The molecule has 1 aliphatic heterocycles. The topological polar surface area (TPSA) is 98.7 Å². The van der Waals surface area contributed by atoms with Gasteiger partial charge in [0.15, 0.2) is 0 Å². The molecule has 1 unspecified atom stereocenters. The first kappa shape index (κ1) is 23.4. The highest BCUT2D eigenvalue weighted by molar-refractivity contribution is 5.90. The van der Waals surface area contributed by atoms with Crippen molar-refractivity contribution < 1.29 is 19.6 Å². The van der Waals surface area contributed by atoms with Gasteiger partial charge in [0.2, 0.25) is 17.7 Å². The minimum Gasteiger partial charge on any atom is -0.344 e. The zero-order valence-corrected chi connectivity index (χ0v) is 17.3. The van der Waals surface area contributed by atoms with Gasteiger partial charge in [0.1, 0.15) is 6.04 Å². The van der Waals surface area contributed by atoms with Gasteiger partial charge in [-0.25, -0.2) is 5.48 Å². The number of nitrogens with zero attached hydrogens (tertiary/aromatic N) is 1. The lowest BCUT2D eigenvalue weighted by Crippen LogP contribution is -2.53. The predicted molar refractivity (Wildman–Crippen MR) is 104 cm³/mol. The molecule has 0 aromatic carbocycles. The summed E-state index contributed by atoms with van der Waals surface area (Å²) < 4.78 is 0. The quantitative estimate of drug-likeness (QED) is 0.421. The van der Waals surface area contributed by atoms with Crippen molar-refractivity contribution in [3.8, 4) is 0 Å². The number of amides is 3. The molecule has 0 aliphatic carbocycles. The fourth-order valence-corrected chi connectivity index (χ4v) is 3.40. The van der Waals surface area contributed by atoms with Crippen LogP contribution in [-0.2, 0) is 14.4 Å². The van der Waals surface area contributed by atoms with Crippen molar-refractivity contribution in [3.05, 3.63) is 0 Å². The number of nitrogens with one attached hydrogen (secondary N) is 2. The maximum Gasteiger partial charge on any atom is 0.245 e. The maximum absolute atomic E-state index is 13.0. The summed E-state index contributed by atoms with van der Waals surface area (Å²) in [5, 5.41) is 11.7. The van der Waals surface area contributed by atoms with E-state index in [1.165, 1.54) is 0 Å². The van der Waals surface area contributed by atoms with E-state index in [9.17, 15) is 14.4 Å². The second kappa shape index (κ2) is 12.0. The van der Waals surface area contributed by atoms with Crippen LogP contribution in [0.5, 0.6) is 0 Å². The van der Waals surface area contributed by atoms with Crippen molar-refractivity contribution in [2.45, 2.75) is 78.7 Å². The summed E-state index contributed by atoms with van der Waals surface area (Å²) in [6.07, 6.45) is 5.52. The van der Waals surface area contributed by atoms with E-state index >= 15 is 0 Å². The van der Waals surface area contributed by atoms with Gasteiger partial charge >= 0.3 is 0 Å². The highest BCUT2D eigenvalue weighted by Gasteiger charge is 2.31. The summed E-state index contributed by atoms with van der Waals surface area (Å²) in [7, 11) is 0. The maximum atomic E-state index is 13.0. The Morgan fingerprint density at radius 2 is 1.56 bits per heavy atom. The lowest BCUT2D eigenvalue weighted by atomic mass is 9.93. The van der Waals surface area contributed by atoms with E-state index in [1.54, 1.807) is 5.48 Å². The van der Waals surface area contributed by atoms with Crippen LogP contribution in [0.3, 0.4) is 0 Å². The Morgan fingerprint density at radius 3 is 2.04 bits per heavy atom. The van der Waals surface area contributed by atoms with Crippen LogP contribution < -0.4 is 10.8 Å². The van der Waals surface area contributed by atoms with E-state index in [-0.39, 0.29) is 24.2 Å². The number of carbonyl (C=O) groups is 3. The van der Waals surface area contributed by atoms with Gasteiger partial charge in [0.25, 0.3) is 0 Å². The minimum absolute atomic E-state index is 0.0329. The van der Waals surface area contributed by atoms with Crippen LogP contribution >= 0.6 is 0 Å². The first-order valence-corrected chi connectivity index (χ1v) is 10.3. The zero-order chi connectivity index (χ0) is 20.4.